The molecule has 2 bridgehead atoms. The van der Waals surface area contributed by atoms with Crippen LogP contribution in [0.5, 0.6) is 0 Å². The Morgan fingerprint density at radius 3 is 2.56 bits per heavy atom. The lowest BCUT2D eigenvalue weighted by molar-refractivity contribution is -0.122. The normalized spacial score (nSPS) is 26.9. The molecule has 3 N–H and O–H groups in total. The van der Waals surface area contributed by atoms with Crippen molar-refractivity contribution in [3.05, 3.63) is 47.7 Å². The topological polar surface area (TPSA) is 72.9 Å². The zero-order valence-electron chi connectivity index (χ0n) is 15.8. The van der Waals surface area contributed by atoms with Crippen molar-refractivity contribution < 1.29 is 4.79 Å². The molecule has 2 fully saturated rings. The van der Waals surface area contributed by atoms with Crippen LogP contribution in [0.1, 0.15) is 43.4 Å². The standard InChI is InChI=1S/C21H28N4O.ClH/c1-14-10-19(25(24-14)13-15-6-3-2-4-7-15)23-21(26)18-11-16-8-5-9-17(12-18)20(16)22;/h2-4,6-7,10,16-18,20H,5,8-9,11-13,22H2,1H3,(H,23,26);1H. The van der Waals surface area contributed by atoms with E-state index in [1.165, 1.54) is 24.8 Å². The van der Waals surface area contributed by atoms with Gasteiger partial charge in [0.15, 0.2) is 0 Å². The lowest BCUT2D eigenvalue weighted by atomic mass is 9.65. The van der Waals surface area contributed by atoms with E-state index in [4.69, 9.17) is 5.73 Å². The number of carbonyl (C=O) groups excluding carboxylic acids is 1. The van der Waals surface area contributed by atoms with Crippen LogP contribution in [0.2, 0.25) is 0 Å². The minimum absolute atomic E-state index is 0. The number of aromatic nitrogens is 2. The summed E-state index contributed by atoms with van der Waals surface area (Å²) < 4.78 is 1.89. The molecule has 146 valence electrons. The molecule has 1 aromatic heterocycles. The van der Waals surface area contributed by atoms with E-state index < -0.39 is 0 Å². The Morgan fingerprint density at radius 2 is 1.89 bits per heavy atom. The summed E-state index contributed by atoms with van der Waals surface area (Å²) >= 11 is 0. The van der Waals surface area contributed by atoms with Crippen molar-refractivity contribution in [2.75, 3.05) is 5.32 Å². The van der Waals surface area contributed by atoms with Gasteiger partial charge in [-0.2, -0.15) is 5.10 Å². The Labute approximate surface area is 167 Å². The fourth-order valence-corrected chi connectivity index (χ4v) is 4.75. The highest BCUT2D eigenvalue weighted by atomic mass is 35.5. The van der Waals surface area contributed by atoms with Crippen molar-refractivity contribution in [2.45, 2.75) is 51.6 Å². The van der Waals surface area contributed by atoms with Gasteiger partial charge in [0, 0.05) is 18.0 Å². The number of carbonyl (C=O) groups is 1. The third-order valence-electron chi connectivity index (χ3n) is 6.11. The van der Waals surface area contributed by atoms with Gasteiger partial charge in [-0.3, -0.25) is 4.79 Å². The molecule has 1 heterocycles. The number of nitrogens with two attached hydrogens (primary N) is 1. The van der Waals surface area contributed by atoms with Crippen LogP contribution in [-0.4, -0.2) is 21.7 Å². The molecule has 6 heteroatoms. The van der Waals surface area contributed by atoms with Crippen LogP contribution in [0.25, 0.3) is 0 Å². The third kappa shape index (κ3) is 4.36. The van der Waals surface area contributed by atoms with Gasteiger partial charge in [-0.05, 0) is 50.0 Å². The van der Waals surface area contributed by atoms with Crippen LogP contribution in [0.4, 0.5) is 5.82 Å². The summed E-state index contributed by atoms with van der Waals surface area (Å²) in [6.45, 7) is 2.62. The second-order valence-corrected chi connectivity index (χ2v) is 8.00. The van der Waals surface area contributed by atoms with Gasteiger partial charge >= 0.3 is 0 Å². The lowest BCUT2D eigenvalue weighted by Crippen LogP contribution is -2.48. The average Bonchev–Trinajstić information content (AvgIpc) is 2.94. The third-order valence-corrected chi connectivity index (χ3v) is 6.11. The molecule has 4 rings (SSSR count). The Kier molecular flexibility index (Phi) is 6.22. The van der Waals surface area contributed by atoms with E-state index in [0.29, 0.717) is 24.4 Å². The largest absolute Gasteiger partial charge is 0.327 e. The van der Waals surface area contributed by atoms with Gasteiger partial charge in [0.1, 0.15) is 5.82 Å². The number of halogens is 1. The van der Waals surface area contributed by atoms with E-state index in [1.54, 1.807) is 0 Å². The first-order chi connectivity index (χ1) is 12.6. The monoisotopic (exact) mass is 388 g/mol. The molecule has 2 aliphatic rings. The average molecular weight is 389 g/mol. The molecule has 2 atom stereocenters. The van der Waals surface area contributed by atoms with Gasteiger partial charge < -0.3 is 11.1 Å². The van der Waals surface area contributed by atoms with Crippen LogP contribution in [0.3, 0.4) is 0 Å². The molecule has 0 radical (unpaired) electrons. The summed E-state index contributed by atoms with van der Waals surface area (Å²) in [6.07, 6.45) is 5.46. The zero-order valence-corrected chi connectivity index (χ0v) is 16.6. The number of anilines is 1. The predicted octanol–water partition coefficient (Wildman–Crippen LogP) is 3.75. The summed E-state index contributed by atoms with van der Waals surface area (Å²) in [7, 11) is 0. The van der Waals surface area contributed by atoms with E-state index in [1.807, 2.05) is 35.9 Å². The molecular formula is C21H29ClN4O. The summed E-state index contributed by atoms with van der Waals surface area (Å²) in [6, 6.07) is 12.4. The maximum absolute atomic E-state index is 12.9. The molecule has 5 nitrogen and oxygen atoms in total. The van der Waals surface area contributed by atoms with E-state index in [9.17, 15) is 4.79 Å². The molecule has 27 heavy (non-hydrogen) atoms. The summed E-state index contributed by atoms with van der Waals surface area (Å²) in [5, 5.41) is 7.70. The van der Waals surface area contributed by atoms with E-state index in [0.717, 1.165) is 24.4 Å². The first kappa shape index (κ1) is 19.9. The van der Waals surface area contributed by atoms with Crippen molar-refractivity contribution in [3.63, 3.8) is 0 Å². The summed E-state index contributed by atoms with van der Waals surface area (Å²) in [5.41, 5.74) is 8.45. The lowest BCUT2D eigenvalue weighted by Gasteiger charge is -2.43. The smallest absolute Gasteiger partial charge is 0.228 e. The molecule has 1 amide bonds. The number of aryl methyl sites for hydroxylation is 1. The highest BCUT2D eigenvalue weighted by molar-refractivity contribution is 5.92. The number of amides is 1. The van der Waals surface area contributed by atoms with Crippen LogP contribution in [0.15, 0.2) is 36.4 Å². The number of fused-ring (bicyclic) bond motifs is 2. The van der Waals surface area contributed by atoms with Crippen LogP contribution in [-0.2, 0) is 11.3 Å². The maximum Gasteiger partial charge on any atom is 0.228 e. The molecule has 2 unspecified atom stereocenters. The highest BCUT2D eigenvalue weighted by Gasteiger charge is 2.40. The van der Waals surface area contributed by atoms with Crippen LogP contribution in [0, 0.1) is 24.7 Å². The Bertz CT molecular complexity index is 762. The fourth-order valence-electron chi connectivity index (χ4n) is 4.75. The van der Waals surface area contributed by atoms with Crippen LogP contribution >= 0.6 is 12.4 Å². The molecule has 1 aromatic carbocycles. The minimum atomic E-state index is 0. The summed E-state index contributed by atoms with van der Waals surface area (Å²) in [4.78, 5) is 12.9. The van der Waals surface area contributed by atoms with Crippen molar-refractivity contribution in [3.8, 4) is 0 Å². The number of hydrogen-bond acceptors (Lipinski definition) is 3. The molecule has 2 aromatic rings. The van der Waals surface area contributed by atoms with Gasteiger partial charge in [-0.15, -0.1) is 12.4 Å². The number of nitrogens with one attached hydrogen (secondary N) is 1. The first-order valence-electron chi connectivity index (χ1n) is 9.75. The molecule has 0 spiro atoms. The summed E-state index contributed by atoms with van der Waals surface area (Å²) in [5.74, 6) is 2.01. The Morgan fingerprint density at radius 1 is 1.22 bits per heavy atom. The van der Waals surface area contributed by atoms with Crippen molar-refractivity contribution in [1.29, 1.82) is 0 Å². The SMILES string of the molecule is Cc1cc(NC(=O)C2CC3CCCC(C2)C3N)n(Cc2ccccc2)n1.Cl. The Hall–Kier alpha value is -1.85. The number of rotatable bonds is 4. The van der Waals surface area contributed by atoms with Gasteiger partial charge in [-0.1, -0.05) is 36.8 Å². The van der Waals surface area contributed by atoms with Gasteiger partial charge in [0.25, 0.3) is 0 Å². The first-order valence-corrected chi connectivity index (χ1v) is 9.75. The number of benzene rings is 1. The molecule has 2 saturated carbocycles. The molecule has 2 aliphatic carbocycles. The molecular weight excluding hydrogens is 360 g/mol. The van der Waals surface area contributed by atoms with Crippen molar-refractivity contribution in [1.82, 2.24) is 9.78 Å². The van der Waals surface area contributed by atoms with Crippen molar-refractivity contribution >= 4 is 24.1 Å². The predicted molar refractivity (Wildman–Crippen MR) is 110 cm³/mol. The van der Waals surface area contributed by atoms with Crippen LogP contribution < -0.4 is 11.1 Å². The number of hydrogen-bond donors (Lipinski definition) is 2. The molecule has 0 saturated heterocycles. The van der Waals surface area contributed by atoms with Gasteiger partial charge in [0.05, 0.1) is 12.2 Å². The maximum atomic E-state index is 12.9. The minimum Gasteiger partial charge on any atom is -0.327 e. The van der Waals surface area contributed by atoms with Crippen molar-refractivity contribution in [2.24, 2.45) is 23.5 Å². The highest BCUT2D eigenvalue weighted by Crippen LogP contribution is 2.42. The molecule has 0 aliphatic heterocycles. The fraction of sp³-hybridized carbons (Fsp3) is 0.524. The Balaban J connectivity index is 0.00000210. The van der Waals surface area contributed by atoms with Gasteiger partial charge in [-0.25, -0.2) is 4.68 Å². The number of nitrogens with zero attached hydrogens (tertiary/aromatic N) is 2. The van der Waals surface area contributed by atoms with E-state index in [2.05, 4.69) is 22.5 Å². The van der Waals surface area contributed by atoms with E-state index >= 15 is 0 Å². The quantitative estimate of drug-likeness (QED) is 0.837. The zero-order chi connectivity index (χ0) is 18.1. The van der Waals surface area contributed by atoms with E-state index in [-0.39, 0.29) is 24.2 Å². The second kappa shape index (κ2) is 8.44. The van der Waals surface area contributed by atoms with Gasteiger partial charge in [0.2, 0.25) is 5.91 Å². The second-order valence-electron chi connectivity index (χ2n) is 8.00.